The molecule has 164 valence electrons. The van der Waals surface area contributed by atoms with E-state index in [1.807, 2.05) is 31.2 Å². The molecule has 2 atom stereocenters. The van der Waals surface area contributed by atoms with E-state index in [0.29, 0.717) is 29.3 Å². The van der Waals surface area contributed by atoms with Gasteiger partial charge in [-0.3, -0.25) is 19.3 Å². The summed E-state index contributed by atoms with van der Waals surface area (Å²) >= 11 is 0. The number of para-hydroxylation sites is 1. The van der Waals surface area contributed by atoms with E-state index in [1.54, 1.807) is 25.1 Å². The summed E-state index contributed by atoms with van der Waals surface area (Å²) in [5.74, 6) is 0.193. The molecule has 1 aliphatic rings. The molecule has 1 N–H and O–H groups in total. The van der Waals surface area contributed by atoms with Crippen LogP contribution in [0.2, 0.25) is 0 Å². The van der Waals surface area contributed by atoms with E-state index < -0.39 is 6.10 Å². The number of nitrogens with zero attached hydrogens (tertiary/aromatic N) is 1. The lowest BCUT2D eigenvalue weighted by molar-refractivity contribution is -0.127. The molecule has 0 bridgehead atoms. The Balaban J connectivity index is 1.86. The molecule has 3 rings (SSSR count). The number of nitrogens with one attached hydrogen (secondary N) is 1. The maximum Gasteiger partial charge on any atom is 0.268 e. The largest absolute Gasteiger partial charge is 0.479 e. The molecule has 0 radical (unpaired) electrons. The van der Waals surface area contributed by atoms with Gasteiger partial charge >= 0.3 is 0 Å². The fourth-order valence-electron chi connectivity index (χ4n) is 3.71. The monoisotopic (exact) mass is 422 g/mol. The minimum Gasteiger partial charge on any atom is -0.479 e. The van der Waals surface area contributed by atoms with Gasteiger partial charge in [0.25, 0.3) is 5.91 Å². The van der Waals surface area contributed by atoms with Crippen molar-refractivity contribution in [3.63, 3.8) is 0 Å². The second kappa shape index (κ2) is 9.77. The second-order valence-corrected chi connectivity index (χ2v) is 7.98. The van der Waals surface area contributed by atoms with Crippen molar-refractivity contribution in [1.29, 1.82) is 0 Å². The van der Waals surface area contributed by atoms with Gasteiger partial charge in [-0.05, 0) is 55.5 Å². The third kappa shape index (κ3) is 4.95. The number of rotatable bonds is 8. The average Bonchev–Trinajstić information content (AvgIpc) is 2.76. The topological polar surface area (TPSA) is 75.7 Å². The van der Waals surface area contributed by atoms with Crippen LogP contribution in [0, 0.1) is 0 Å². The highest BCUT2D eigenvalue weighted by Crippen LogP contribution is 2.35. The molecule has 0 aliphatic carbocycles. The van der Waals surface area contributed by atoms with Crippen molar-refractivity contribution >= 4 is 29.0 Å². The van der Waals surface area contributed by atoms with Crippen molar-refractivity contribution < 1.29 is 19.1 Å². The van der Waals surface area contributed by atoms with E-state index in [9.17, 15) is 14.4 Å². The van der Waals surface area contributed by atoms with E-state index in [2.05, 4.69) is 19.2 Å². The Hall–Kier alpha value is -3.15. The van der Waals surface area contributed by atoms with Crippen LogP contribution >= 0.6 is 0 Å². The Kier molecular flexibility index (Phi) is 7.10. The molecule has 0 aromatic heterocycles. The van der Waals surface area contributed by atoms with Crippen molar-refractivity contribution in [3.8, 4) is 5.75 Å². The van der Waals surface area contributed by atoms with Crippen LogP contribution in [0.4, 0.5) is 11.4 Å². The van der Waals surface area contributed by atoms with Crippen molar-refractivity contribution in [1.82, 2.24) is 0 Å². The van der Waals surface area contributed by atoms with Crippen molar-refractivity contribution in [3.05, 3.63) is 53.6 Å². The van der Waals surface area contributed by atoms with Crippen LogP contribution in [0.1, 0.15) is 68.8 Å². The lowest BCUT2D eigenvalue weighted by Gasteiger charge is -2.33. The van der Waals surface area contributed by atoms with Gasteiger partial charge in [-0.2, -0.15) is 0 Å². The lowest BCUT2D eigenvalue weighted by atomic mass is 9.97. The third-order valence-electron chi connectivity index (χ3n) is 5.65. The molecule has 1 heterocycles. The number of Topliss-reactive ketones (excluding diaryl/α,β-unsaturated/α-hetero) is 1. The molecule has 0 fully saturated rings. The normalized spacial score (nSPS) is 16.3. The maximum absolute atomic E-state index is 12.9. The van der Waals surface area contributed by atoms with Gasteiger partial charge in [0.2, 0.25) is 5.91 Å². The predicted molar refractivity (Wildman–Crippen MR) is 122 cm³/mol. The zero-order valence-corrected chi connectivity index (χ0v) is 18.6. The highest BCUT2D eigenvalue weighted by Gasteiger charge is 2.33. The molecule has 6 nitrogen and oxygen atoms in total. The lowest BCUT2D eigenvalue weighted by Crippen LogP contribution is -2.47. The zero-order valence-electron chi connectivity index (χ0n) is 18.6. The van der Waals surface area contributed by atoms with Crippen molar-refractivity contribution in [2.45, 2.75) is 59.0 Å². The van der Waals surface area contributed by atoms with E-state index >= 15 is 0 Å². The third-order valence-corrected chi connectivity index (χ3v) is 5.65. The van der Waals surface area contributed by atoms with Crippen LogP contribution < -0.4 is 15.0 Å². The van der Waals surface area contributed by atoms with E-state index in [4.69, 9.17) is 4.74 Å². The van der Waals surface area contributed by atoms with Gasteiger partial charge in [-0.15, -0.1) is 0 Å². The number of anilines is 2. The molecule has 2 aromatic carbocycles. The fraction of sp³-hybridized carbons (Fsp3) is 0.400. The molecule has 31 heavy (non-hydrogen) atoms. The summed E-state index contributed by atoms with van der Waals surface area (Å²) in [6.45, 7) is 7.66. The summed E-state index contributed by atoms with van der Waals surface area (Å²) in [4.78, 5) is 39.5. The molecule has 2 aromatic rings. The van der Waals surface area contributed by atoms with E-state index in [1.165, 1.54) is 4.90 Å². The van der Waals surface area contributed by atoms with Crippen LogP contribution in [0.15, 0.2) is 42.5 Å². The fourth-order valence-corrected chi connectivity index (χ4v) is 3.71. The first-order valence-corrected chi connectivity index (χ1v) is 10.9. The Labute approximate surface area is 183 Å². The van der Waals surface area contributed by atoms with Crippen LogP contribution in [-0.4, -0.2) is 30.2 Å². The van der Waals surface area contributed by atoms with Gasteiger partial charge in [0, 0.05) is 17.7 Å². The molecule has 2 amide bonds. The molecule has 6 heteroatoms. The van der Waals surface area contributed by atoms with Gasteiger partial charge in [0.15, 0.2) is 11.9 Å². The second-order valence-electron chi connectivity index (χ2n) is 7.98. The number of amides is 2. The first-order chi connectivity index (χ1) is 14.8. The Morgan fingerprint density at radius 3 is 2.61 bits per heavy atom. The van der Waals surface area contributed by atoms with Crippen LogP contribution in [0.25, 0.3) is 0 Å². The SMILES string of the molecule is CCCC(=O)c1ccc2c(c1)N(CC(=O)Nc1ccccc1C(C)CC)C(=O)C(C)O2. The van der Waals surface area contributed by atoms with Crippen LogP contribution in [0.5, 0.6) is 5.75 Å². The molecule has 0 saturated heterocycles. The summed E-state index contributed by atoms with van der Waals surface area (Å²) in [5.41, 5.74) is 2.78. The van der Waals surface area contributed by atoms with Crippen molar-refractivity contribution in [2.75, 3.05) is 16.8 Å². The highest BCUT2D eigenvalue weighted by atomic mass is 16.5. The number of benzene rings is 2. The number of hydrogen-bond acceptors (Lipinski definition) is 4. The Morgan fingerprint density at radius 1 is 1.16 bits per heavy atom. The number of ketones is 1. The minimum absolute atomic E-state index is 0.00301. The van der Waals surface area contributed by atoms with Crippen molar-refractivity contribution in [2.24, 2.45) is 0 Å². The number of ether oxygens (including phenoxy) is 1. The van der Waals surface area contributed by atoms with E-state index in [-0.39, 0.29) is 24.1 Å². The Morgan fingerprint density at radius 2 is 1.90 bits per heavy atom. The number of hydrogen-bond donors (Lipinski definition) is 1. The maximum atomic E-state index is 12.9. The first kappa shape index (κ1) is 22.5. The zero-order chi connectivity index (χ0) is 22.5. The Bertz CT molecular complexity index is 985. The molecular formula is C25H30N2O4. The van der Waals surface area contributed by atoms with E-state index in [0.717, 1.165) is 24.1 Å². The molecular weight excluding hydrogens is 392 g/mol. The molecule has 0 spiro atoms. The summed E-state index contributed by atoms with van der Waals surface area (Å²) < 4.78 is 5.70. The number of fused-ring (bicyclic) bond motifs is 1. The van der Waals surface area contributed by atoms with Crippen LogP contribution in [0.3, 0.4) is 0 Å². The smallest absolute Gasteiger partial charge is 0.268 e. The quantitative estimate of drug-likeness (QED) is 0.612. The standard InChI is InChI=1S/C25H30N2O4/c1-5-9-22(28)18-12-13-23-21(14-18)27(25(30)17(4)31-23)15-24(29)26-20-11-8-7-10-19(20)16(3)6-2/h7-8,10-14,16-17H,5-6,9,15H2,1-4H3,(H,26,29). The molecule has 0 saturated carbocycles. The average molecular weight is 423 g/mol. The van der Waals surface area contributed by atoms with Gasteiger partial charge < -0.3 is 10.1 Å². The summed E-state index contributed by atoms with van der Waals surface area (Å²) in [6, 6.07) is 12.8. The van der Waals surface area contributed by atoms with Crippen LogP contribution in [-0.2, 0) is 9.59 Å². The van der Waals surface area contributed by atoms with Gasteiger partial charge in [0.1, 0.15) is 12.3 Å². The van der Waals surface area contributed by atoms with Gasteiger partial charge in [0.05, 0.1) is 5.69 Å². The summed E-state index contributed by atoms with van der Waals surface area (Å²) in [5, 5.41) is 2.96. The highest BCUT2D eigenvalue weighted by molar-refractivity contribution is 6.07. The number of carbonyl (C=O) groups excluding carboxylic acids is 3. The predicted octanol–water partition coefficient (Wildman–Crippen LogP) is 4.94. The van der Waals surface area contributed by atoms with Gasteiger partial charge in [-0.25, -0.2) is 0 Å². The summed E-state index contributed by atoms with van der Waals surface area (Å²) in [7, 11) is 0. The summed E-state index contributed by atoms with van der Waals surface area (Å²) in [6.07, 6.45) is 1.42. The van der Waals surface area contributed by atoms with Gasteiger partial charge in [-0.1, -0.05) is 39.0 Å². The number of carbonyl (C=O) groups is 3. The first-order valence-electron chi connectivity index (χ1n) is 10.9. The molecule has 1 aliphatic heterocycles. The molecule has 2 unspecified atom stereocenters. The minimum atomic E-state index is -0.704.